The zero-order valence-electron chi connectivity index (χ0n) is 15.1. The first kappa shape index (κ1) is 14.9. The maximum absolute atomic E-state index is 2.50. The topological polar surface area (TPSA) is 3.24 Å². The number of fused-ring (bicyclic) bond motifs is 4. The molecule has 2 atom stereocenters. The molecule has 6 rings (SSSR count). The van der Waals surface area contributed by atoms with Crippen molar-refractivity contribution in [2.45, 2.75) is 12.3 Å². The summed E-state index contributed by atoms with van der Waals surface area (Å²) in [5.41, 5.74) is 1.62. The smallest absolute Gasteiger partial charge is 0.00295 e. The lowest BCUT2D eigenvalue weighted by Crippen LogP contribution is -2.09. The van der Waals surface area contributed by atoms with Crippen LogP contribution in [-0.2, 0) is 0 Å². The molecule has 0 bridgehead atoms. The minimum Gasteiger partial charge on any atom is -0.312 e. The molecule has 0 N–H and O–H groups in total. The molecule has 1 saturated carbocycles. The number of nitrogens with zero attached hydrogens (tertiary/aromatic N) is 1. The van der Waals surface area contributed by atoms with E-state index in [4.69, 9.17) is 0 Å². The van der Waals surface area contributed by atoms with E-state index in [1.54, 1.807) is 5.56 Å². The van der Waals surface area contributed by atoms with Crippen LogP contribution in [0.5, 0.6) is 0 Å². The average Bonchev–Trinajstić information content (AvgIpc) is 3.36. The normalized spacial score (nSPS) is 20.3. The van der Waals surface area contributed by atoms with Crippen molar-refractivity contribution in [3.8, 4) is 0 Å². The highest BCUT2D eigenvalue weighted by molar-refractivity contribution is 6.23. The first-order chi connectivity index (χ1) is 12.1. The van der Waals surface area contributed by atoms with Gasteiger partial charge in [-0.3, -0.25) is 0 Å². The minimum atomic E-state index is 0.762. The molecule has 2 unspecified atom stereocenters. The van der Waals surface area contributed by atoms with E-state index < -0.39 is 0 Å². The summed E-state index contributed by atoms with van der Waals surface area (Å²) in [6.07, 6.45) is 3.84. The van der Waals surface area contributed by atoms with Gasteiger partial charge in [0.05, 0.1) is 0 Å². The van der Waals surface area contributed by atoms with Crippen LogP contribution >= 0.6 is 0 Å². The van der Waals surface area contributed by atoms with Crippen LogP contribution in [0.15, 0.2) is 54.6 Å². The van der Waals surface area contributed by atoms with Crippen LogP contribution in [0.1, 0.15) is 17.9 Å². The Hall–Kier alpha value is -2.38. The minimum absolute atomic E-state index is 0.762. The fraction of sp³-hybridized carbons (Fsp3) is 0.250. The largest absolute Gasteiger partial charge is 0.312 e. The summed E-state index contributed by atoms with van der Waals surface area (Å²) in [6, 6.07) is 20.3. The molecule has 0 aromatic heterocycles. The third-order valence-electron chi connectivity index (χ3n) is 5.46. The van der Waals surface area contributed by atoms with E-state index in [1.807, 2.05) is 26.0 Å². The standard InChI is InChI=1S/C21H14.C3H9N/c1-4-12-5-2-9-17-19(12)15(7-1)16-8-3-6-13-10-14-11-18(14)21(17)20(13)16;1-4(2)3/h1-10,14,18H,11H2;1-3H3. The summed E-state index contributed by atoms with van der Waals surface area (Å²) in [6.45, 7) is 0. The second-order valence-corrected chi connectivity index (χ2v) is 7.91. The Balaban J connectivity index is 0.000000321. The highest BCUT2D eigenvalue weighted by Crippen LogP contribution is 2.55. The molecule has 0 spiro atoms. The average molecular weight is 325 g/mol. The SMILES string of the molecule is C1=c2cccc3c2c(c2cccc4cccc3c42)C2CC12.CN(C)C. The lowest BCUT2D eigenvalue weighted by Gasteiger charge is -2.18. The summed E-state index contributed by atoms with van der Waals surface area (Å²) in [5, 5.41) is 10.1. The van der Waals surface area contributed by atoms with Crippen molar-refractivity contribution in [2.24, 2.45) is 5.92 Å². The molecule has 0 saturated heterocycles. The van der Waals surface area contributed by atoms with E-state index in [-0.39, 0.29) is 0 Å². The van der Waals surface area contributed by atoms with Crippen molar-refractivity contribution in [1.82, 2.24) is 4.90 Å². The predicted molar refractivity (Wildman–Crippen MR) is 109 cm³/mol. The van der Waals surface area contributed by atoms with Gasteiger partial charge < -0.3 is 4.90 Å². The van der Waals surface area contributed by atoms with Crippen LogP contribution in [0.2, 0.25) is 0 Å². The molecule has 2 aliphatic carbocycles. The quantitative estimate of drug-likeness (QED) is 0.327. The second-order valence-electron chi connectivity index (χ2n) is 7.91. The highest BCUT2D eigenvalue weighted by atomic mass is 15.0. The lowest BCUT2D eigenvalue weighted by atomic mass is 9.85. The molecule has 0 heterocycles. The van der Waals surface area contributed by atoms with Crippen molar-refractivity contribution in [3.05, 3.63) is 65.4 Å². The van der Waals surface area contributed by atoms with Crippen LogP contribution in [0.3, 0.4) is 0 Å². The van der Waals surface area contributed by atoms with Crippen LogP contribution < -0.4 is 5.22 Å². The number of rotatable bonds is 0. The zero-order valence-corrected chi connectivity index (χ0v) is 15.1. The van der Waals surface area contributed by atoms with Gasteiger partial charge in [-0.2, -0.15) is 0 Å². The molecule has 4 aromatic carbocycles. The lowest BCUT2D eigenvalue weighted by molar-refractivity contribution is 0.505. The van der Waals surface area contributed by atoms with Crippen molar-refractivity contribution < 1.29 is 0 Å². The summed E-state index contributed by atoms with van der Waals surface area (Å²) >= 11 is 0. The van der Waals surface area contributed by atoms with Gasteiger partial charge in [0, 0.05) is 0 Å². The molecule has 2 aliphatic rings. The molecule has 0 amide bonds. The van der Waals surface area contributed by atoms with Gasteiger partial charge in [-0.05, 0) is 82.5 Å². The molecule has 25 heavy (non-hydrogen) atoms. The van der Waals surface area contributed by atoms with E-state index >= 15 is 0 Å². The van der Waals surface area contributed by atoms with Gasteiger partial charge in [-0.25, -0.2) is 0 Å². The van der Waals surface area contributed by atoms with E-state index in [0.717, 1.165) is 11.8 Å². The highest BCUT2D eigenvalue weighted by Gasteiger charge is 2.41. The van der Waals surface area contributed by atoms with Crippen LogP contribution in [0.4, 0.5) is 0 Å². The molecule has 0 radical (unpaired) electrons. The molecule has 1 heteroatoms. The fourth-order valence-corrected chi connectivity index (χ4v) is 4.51. The van der Waals surface area contributed by atoms with Gasteiger partial charge in [-0.15, -0.1) is 0 Å². The van der Waals surface area contributed by atoms with Crippen LogP contribution in [0, 0.1) is 5.92 Å². The van der Waals surface area contributed by atoms with Gasteiger partial charge in [-0.1, -0.05) is 60.7 Å². The number of hydrogen-bond acceptors (Lipinski definition) is 1. The van der Waals surface area contributed by atoms with Crippen molar-refractivity contribution in [1.29, 1.82) is 0 Å². The Labute approximate surface area is 148 Å². The molecule has 1 fully saturated rings. The van der Waals surface area contributed by atoms with Gasteiger partial charge >= 0.3 is 0 Å². The molecule has 4 aromatic rings. The molecule has 1 nitrogen and oxygen atoms in total. The van der Waals surface area contributed by atoms with E-state index in [9.17, 15) is 0 Å². The second kappa shape index (κ2) is 5.31. The monoisotopic (exact) mass is 325 g/mol. The Bertz CT molecular complexity index is 1160. The first-order valence-corrected chi connectivity index (χ1v) is 9.13. The van der Waals surface area contributed by atoms with E-state index in [2.05, 4.69) is 60.7 Å². The first-order valence-electron chi connectivity index (χ1n) is 9.13. The van der Waals surface area contributed by atoms with Gasteiger partial charge in [0.25, 0.3) is 0 Å². The number of hydrogen-bond donors (Lipinski definition) is 0. The number of benzene rings is 4. The summed E-state index contributed by atoms with van der Waals surface area (Å²) in [4.78, 5) is 2.00. The van der Waals surface area contributed by atoms with Crippen LogP contribution in [0.25, 0.3) is 38.4 Å². The summed E-state index contributed by atoms with van der Waals surface area (Å²) < 4.78 is 0. The molecule has 0 aliphatic heterocycles. The van der Waals surface area contributed by atoms with Crippen molar-refractivity contribution in [2.75, 3.05) is 21.1 Å². The van der Waals surface area contributed by atoms with Gasteiger partial charge in [0.2, 0.25) is 0 Å². The third-order valence-corrected chi connectivity index (χ3v) is 5.46. The predicted octanol–water partition coefficient (Wildman–Crippen LogP) is 4.94. The summed E-state index contributed by atoms with van der Waals surface area (Å²) in [7, 11) is 6.00. The maximum Gasteiger partial charge on any atom is -0.00295 e. The Morgan fingerprint density at radius 1 is 0.760 bits per heavy atom. The zero-order chi connectivity index (χ0) is 17.1. The third kappa shape index (κ3) is 2.19. The molecule has 124 valence electrons. The van der Waals surface area contributed by atoms with Crippen molar-refractivity contribution >= 4 is 38.4 Å². The Morgan fingerprint density at radius 2 is 1.36 bits per heavy atom. The van der Waals surface area contributed by atoms with Crippen molar-refractivity contribution in [3.63, 3.8) is 0 Å². The van der Waals surface area contributed by atoms with E-state index in [1.165, 1.54) is 44.0 Å². The van der Waals surface area contributed by atoms with Crippen LogP contribution in [-0.4, -0.2) is 26.0 Å². The van der Waals surface area contributed by atoms with E-state index in [0.29, 0.717) is 0 Å². The van der Waals surface area contributed by atoms with Gasteiger partial charge in [0.15, 0.2) is 0 Å². The van der Waals surface area contributed by atoms with Gasteiger partial charge in [0.1, 0.15) is 0 Å². The Morgan fingerprint density at radius 3 is 2.08 bits per heavy atom. The molecular formula is C24H23N. The maximum atomic E-state index is 2.50. The molecular weight excluding hydrogens is 302 g/mol. The Kier molecular flexibility index (Phi) is 3.17. The fourth-order valence-electron chi connectivity index (χ4n) is 4.51. The summed E-state index contributed by atoms with van der Waals surface area (Å²) in [5.74, 6) is 1.54.